The fourth-order valence-corrected chi connectivity index (χ4v) is 4.74. The first kappa shape index (κ1) is 13.7. The molecule has 0 amide bonds. The van der Waals surface area contributed by atoms with Crippen molar-refractivity contribution in [2.24, 2.45) is 0 Å². The zero-order valence-corrected chi connectivity index (χ0v) is 13.2. The number of thioether (sulfide) groups is 1. The Bertz CT molecular complexity index is 635. The topological polar surface area (TPSA) is 26.3 Å². The highest BCUT2D eigenvalue weighted by Gasteiger charge is 2.19. The van der Waals surface area contributed by atoms with Crippen LogP contribution in [0.4, 0.5) is 0 Å². The normalized spacial score (nSPS) is 13.9. The van der Waals surface area contributed by atoms with E-state index in [4.69, 9.17) is 4.74 Å². The van der Waals surface area contributed by atoms with E-state index >= 15 is 0 Å². The van der Waals surface area contributed by atoms with Crippen molar-refractivity contribution in [3.8, 4) is 5.75 Å². The van der Waals surface area contributed by atoms with Crippen molar-refractivity contribution in [3.05, 3.63) is 50.7 Å². The average Bonchev–Trinajstić information content (AvgIpc) is 2.90. The van der Waals surface area contributed by atoms with Gasteiger partial charge in [-0.1, -0.05) is 0 Å². The molecule has 0 radical (unpaired) electrons. The molecule has 0 fully saturated rings. The number of hydrogen-bond donors (Lipinski definition) is 0. The molecule has 0 saturated carbocycles. The van der Waals surface area contributed by atoms with Crippen molar-refractivity contribution in [2.75, 3.05) is 12.9 Å². The zero-order valence-electron chi connectivity index (χ0n) is 11.6. The molecule has 0 atom stereocenters. The van der Waals surface area contributed by atoms with E-state index in [9.17, 15) is 4.79 Å². The summed E-state index contributed by atoms with van der Waals surface area (Å²) in [5.41, 5.74) is 3.09. The van der Waals surface area contributed by atoms with Gasteiger partial charge in [0.1, 0.15) is 5.75 Å². The summed E-state index contributed by atoms with van der Waals surface area (Å²) >= 11 is 3.61. The lowest BCUT2D eigenvalue weighted by Gasteiger charge is -2.08. The lowest BCUT2D eigenvalue weighted by molar-refractivity contribution is 0.104. The fourth-order valence-electron chi connectivity index (χ4n) is 2.41. The van der Waals surface area contributed by atoms with Crippen LogP contribution in [-0.4, -0.2) is 18.6 Å². The van der Waals surface area contributed by atoms with Crippen LogP contribution in [0.15, 0.2) is 24.3 Å². The number of benzene rings is 1. The number of ether oxygens (including phenoxy) is 1. The second-order valence-electron chi connectivity index (χ2n) is 4.87. The Balaban J connectivity index is 1.94. The third-order valence-electron chi connectivity index (χ3n) is 3.53. The van der Waals surface area contributed by atoms with Gasteiger partial charge in [-0.25, -0.2) is 0 Å². The Hall–Kier alpha value is -1.26. The molecule has 0 aliphatic carbocycles. The molecule has 20 heavy (non-hydrogen) atoms. The Morgan fingerprint density at radius 2 is 2.15 bits per heavy atom. The van der Waals surface area contributed by atoms with Crippen molar-refractivity contribution in [3.63, 3.8) is 0 Å². The van der Waals surface area contributed by atoms with Crippen LogP contribution in [0.1, 0.15) is 31.2 Å². The number of methoxy groups -OCH3 is 1. The molecule has 0 unspecified atom stereocenters. The van der Waals surface area contributed by atoms with Crippen LogP contribution in [0.25, 0.3) is 0 Å². The van der Waals surface area contributed by atoms with Crippen LogP contribution >= 0.6 is 23.1 Å². The Kier molecular flexibility index (Phi) is 3.85. The van der Waals surface area contributed by atoms with E-state index in [2.05, 4.69) is 6.07 Å². The monoisotopic (exact) mass is 304 g/mol. The van der Waals surface area contributed by atoms with Gasteiger partial charge in [0.25, 0.3) is 0 Å². The van der Waals surface area contributed by atoms with Gasteiger partial charge in [0.15, 0.2) is 0 Å². The number of thiophene rings is 1. The summed E-state index contributed by atoms with van der Waals surface area (Å²) in [4.78, 5) is 14.9. The van der Waals surface area contributed by atoms with Gasteiger partial charge in [0.05, 0.1) is 12.0 Å². The van der Waals surface area contributed by atoms with Crippen molar-refractivity contribution in [2.45, 2.75) is 19.1 Å². The Morgan fingerprint density at radius 3 is 2.85 bits per heavy atom. The highest BCUT2D eigenvalue weighted by Crippen LogP contribution is 2.33. The van der Waals surface area contributed by atoms with Gasteiger partial charge in [-0.15, -0.1) is 11.3 Å². The molecular formula is C16H16O2S2. The largest absolute Gasteiger partial charge is 0.497 e. The third kappa shape index (κ3) is 2.50. The van der Waals surface area contributed by atoms with Crippen LogP contribution in [0, 0.1) is 6.92 Å². The molecule has 2 heterocycles. The number of hydrogen-bond acceptors (Lipinski definition) is 4. The van der Waals surface area contributed by atoms with Crippen LogP contribution < -0.4 is 4.74 Å². The number of fused-ring (bicyclic) bond motifs is 1. The minimum absolute atomic E-state index is 0.134. The van der Waals surface area contributed by atoms with Gasteiger partial charge in [-0.05, 0) is 54.5 Å². The highest BCUT2D eigenvalue weighted by atomic mass is 32.2. The first-order valence-electron chi connectivity index (χ1n) is 6.57. The Labute approximate surface area is 127 Å². The molecule has 0 bridgehead atoms. The van der Waals surface area contributed by atoms with Gasteiger partial charge < -0.3 is 4.74 Å². The van der Waals surface area contributed by atoms with Gasteiger partial charge in [-0.2, -0.15) is 11.8 Å². The van der Waals surface area contributed by atoms with E-state index in [0.29, 0.717) is 0 Å². The predicted molar refractivity (Wildman–Crippen MR) is 85.3 cm³/mol. The second-order valence-corrected chi connectivity index (χ2v) is 7.11. The zero-order chi connectivity index (χ0) is 14.1. The molecule has 1 aromatic carbocycles. The molecule has 0 N–H and O–H groups in total. The van der Waals surface area contributed by atoms with E-state index in [-0.39, 0.29) is 5.78 Å². The molecule has 4 heteroatoms. The van der Waals surface area contributed by atoms with E-state index < -0.39 is 0 Å². The van der Waals surface area contributed by atoms with Crippen LogP contribution in [0.3, 0.4) is 0 Å². The molecule has 1 aromatic heterocycles. The van der Waals surface area contributed by atoms with Crippen molar-refractivity contribution < 1.29 is 9.53 Å². The number of carbonyl (C=O) groups is 1. The molecule has 0 spiro atoms. The third-order valence-corrected chi connectivity index (χ3v) is 5.77. The van der Waals surface area contributed by atoms with E-state index in [0.717, 1.165) is 33.9 Å². The SMILES string of the molecule is COc1ccc(C(=O)c2cc3c(s2)CCSC3)c(C)c1. The molecular weight excluding hydrogens is 288 g/mol. The maximum absolute atomic E-state index is 12.6. The van der Waals surface area contributed by atoms with Crippen molar-refractivity contribution in [1.82, 2.24) is 0 Å². The Morgan fingerprint density at radius 1 is 1.30 bits per heavy atom. The number of rotatable bonds is 3. The standard InChI is InChI=1S/C16H16O2S2/c1-10-7-12(18-2)3-4-13(10)16(17)15-8-11-9-19-6-5-14(11)20-15/h3-4,7-8H,5-6,9H2,1-2H3. The van der Waals surface area contributed by atoms with Crippen molar-refractivity contribution >= 4 is 28.9 Å². The fraction of sp³-hybridized carbons (Fsp3) is 0.312. The molecule has 2 aromatic rings. The van der Waals surface area contributed by atoms with Gasteiger partial charge >= 0.3 is 0 Å². The number of aryl methyl sites for hydroxylation is 2. The lowest BCUT2D eigenvalue weighted by Crippen LogP contribution is -2.01. The van der Waals surface area contributed by atoms with Gasteiger partial charge in [0.2, 0.25) is 5.78 Å². The molecule has 2 nitrogen and oxygen atoms in total. The molecule has 3 rings (SSSR count). The summed E-state index contributed by atoms with van der Waals surface area (Å²) in [5, 5.41) is 0. The minimum atomic E-state index is 0.134. The predicted octanol–water partition coefficient (Wildman–Crippen LogP) is 4.09. The molecule has 104 valence electrons. The quantitative estimate of drug-likeness (QED) is 0.799. The minimum Gasteiger partial charge on any atom is -0.497 e. The summed E-state index contributed by atoms with van der Waals surface area (Å²) in [5.74, 6) is 3.14. The van der Waals surface area contributed by atoms with Crippen LogP contribution in [-0.2, 0) is 12.2 Å². The second kappa shape index (κ2) is 5.62. The lowest BCUT2D eigenvalue weighted by atomic mass is 10.0. The van der Waals surface area contributed by atoms with E-state index in [1.807, 2.05) is 36.9 Å². The highest BCUT2D eigenvalue weighted by molar-refractivity contribution is 7.98. The maximum atomic E-state index is 12.6. The molecule has 0 saturated heterocycles. The number of carbonyl (C=O) groups excluding carboxylic acids is 1. The summed E-state index contributed by atoms with van der Waals surface area (Å²) < 4.78 is 5.19. The summed E-state index contributed by atoms with van der Waals surface area (Å²) in [6, 6.07) is 7.71. The first-order chi connectivity index (χ1) is 9.69. The summed E-state index contributed by atoms with van der Waals surface area (Å²) in [6.45, 7) is 1.96. The van der Waals surface area contributed by atoms with E-state index in [1.165, 1.54) is 16.2 Å². The smallest absolute Gasteiger partial charge is 0.203 e. The molecule has 1 aliphatic heterocycles. The summed E-state index contributed by atoms with van der Waals surface area (Å²) in [6.07, 6.45) is 1.10. The number of ketones is 1. The van der Waals surface area contributed by atoms with Crippen LogP contribution in [0.5, 0.6) is 5.75 Å². The first-order valence-corrected chi connectivity index (χ1v) is 8.55. The van der Waals surface area contributed by atoms with Crippen molar-refractivity contribution in [1.29, 1.82) is 0 Å². The van der Waals surface area contributed by atoms with Crippen LogP contribution in [0.2, 0.25) is 0 Å². The van der Waals surface area contributed by atoms with Gasteiger partial charge in [-0.3, -0.25) is 4.79 Å². The summed E-state index contributed by atoms with van der Waals surface area (Å²) in [7, 11) is 1.64. The van der Waals surface area contributed by atoms with E-state index in [1.54, 1.807) is 18.4 Å². The van der Waals surface area contributed by atoms with Gasteiger partial charge in [0, 0.05) is 16.2 Å². The molecule has 1 aliphatic rings. The maximum Gasteiger partial charge on any atom is 0.203 e. The average molecular weight is 304 g/mol.